The molecule has 0 heterocycles. The van der Waals surface area contributed by atoms with Gasteiger partial charge in [0.2, 0.25) is 0 Å². The number of aromatic hydroxyl groups is 21. The number of ether oxygens (including phenoxy) is 6. The van der Waals surface area contributed by atoms with Gasteiger partial charge in [0.15, 0.2) is 0 Å². The van der Waals surface area contributed by atoms with Crippen molar-refractivity contribution in [3.63, 3.8) is 0 Å². The number of hydrogen-bond acceptors (Lipinski definition) is 27. The molecule has 696 valence electrons. The Balaban J connectivity index is 0.000000709. The zero-order chi connectivity index (χ0) is 98.2. The number of hydrogen-bond donors (Lipinski definition) is 21. The average Bonchev–Trinajstić information content (AvgIpc) is 1.37. The molecule has 0 atom stereocenters. The zero-order valence-corrected chi connectivity index (χ0v) is 80.1. The smallest absolute Gasteiger partial charge is 0.133 e. The summed E-state index contributed by atoms with van der Waals surface area (Å²) in [6.45, 7) is 58.3. The van der Waals surface area contributed by atoms with E-state index in [1.807, 2.05) is 152 Å². The number of phenolic OH excluding ortho intramolecular Hbond substituents is 21. The minimum Gasteiger partial charge on any atom is -0.508 e. The fourth-order valence-electron chi connectivity index (χ4n) is 13.0. The van der Waals surface area contributed by atoms with Crippen LogP contribution in [0.25, 0.3) is 0 Å². The summed E-state index contributed by atoms with van der Waals surface area (Å²) < 4.78 is 30.9. The molecule has 0 unspecified atom stereocenters. The van der Waals surface area contributed by atoms with E-state index in [1.54, 1.807) is 76.5 Å². The maximum atomic E-state index is 10.6. The Bertz CT molecular complexity index is 5010. The Kier molecular flexibility index (Phi) is 38.3. The van der Waals surface area contributed by atoms with E-state index in [4.69, 9.17) is 59.1 Å². The first-order valence-electron chi connectivity index (χ1n) is 39.9. The van der Waals surface area contributed by atoms with Crippen LogP contribution in [-0.4, -0.2) is 150 Å². The molecule has 0 saturated carbocycles. The third-order valence-corrected chi connectivity index (χ3v) is 20.0. The Morgan fingerprint density at radius 1 is 0.168 bits per heavy atom. The molecule has 125 heavy (non-hydrogen) atoms. The first-order valence-corrected chi connectivity index (χ1v) is 39.9. The highest BCUT2D eigenvalue weighted by Crippen LogP contribution is 2.54. The molecule has 9 rings (SSSR count). The van der Waals surface area contributed by atoms with Gasteiger partial charge in [-0.1, -0.05) is 145 Å². The van der Waals surface area contributed by atoms with Gasteiger partial charge in [-0.25, -0.2) is 0 Å². The highest BCUT2D eigenvalue weighted by molar-refractivity contribution is 5.68. The van der Waals surface area contributed by atoms with Crippen LogP contribution in [0.5, 0.6) is 155 Å². The molecule has 27 heteroatoms. The molecular weight excluding hydrogens is 1610 g/mol. The van der Waals surface area contributed by atoms with Crippen LogP contribution in [-0.2, 0) is 37.9 Å². The third kappa shape index (κ3) is 28.3. The van der Waals surface area contributed by atoms with Gasteiger partial charge < -0.3 is 136 Å². The molecule has 27 nitrogen and oxygen atoms in total. The number of benzene rings is 9. The number of methoxy groups -OCH3 is 6. The summed E-state index contributed by atoms with van der Waals surface area (Å²) >= 11 is 0. The molecule has 0 aromatic heterocycles. The lowest BCUT2D eigenvalue weighted by atomic mass is 9.77. The summed E-state index contributed by atoms with van der Waals surface area (Å²) in [5.74, 6) is 3.31. The van der Waals surface area contributed by atoms with E-state index in [-0.39, 0.29) is 159 Å². The van der Waals surface area contributed by atoms with Gasteiger partial charge in [-0.05, 0) is 107 Å². The van der Waals surface area contributed by atoms with E-state index < -0.39 is 0 Å². The first kappa shape index (κ1) is 111. The molecular formula is C98H142O27. The van der Waals surface area contributed by atoms with E-state index >= 15 is 0 Å². The van der Waals surface area contributed by atoms with E-state index in [2.05, 4.69) is 0 Å². The van der Waals surface area contributed by atoms with Gasteiger partial charge in [0.05, 0.1) is 42.7 Å². The normalized spacial score (nSPS) is 11.3. The van der Waals surface area contributed by atoms with Crippen LogP contribution in [0.15, 0.2) is 60.7 Å². The van der Waals surface area contributed by atoms with Crippen LogP contribution in [0.3, 0.4) is 0 Å². The Morgan fingerprint density at radius 2 is 0.416 bits per heavy atom. The molecule has 0 aliphatic carbocycles. The molecule has 9 aromatic rings. The summed E-state index contributed by atoms with van der Waals surface area (Å²) in [6.07, 6.45) is 0. The fraction of sp³-hybridized carbons (Fsp3) is 0.449. The largest absolute Gasteiger partial charge is 0.508 e. The monoisotopic (exact) mass is 1750 g/mol. The Hall–Kier alpha value is -12.4. The molecule has 0 amide bonds. The third-order valence-electron chi connectivity index (χ3n) is 20.0. The van der Waals surface area contributed by atoms with Crippen molar-refractivity contribution in [2.24, 2.45) is 0 Å². The van der Waals surface area contributed by atoms with Crippen molar-refractivity contribution in [1.29, 1.82) is 0 Å². The van der Waals surface area contributed by atoms with Gasteiger partial charge in [0.1, 0.15) is 155 Å². The van der Waals surface area contributed by atoms with Gasteiger partial charge in [-0.2, -0.15) is 0 Å². The SMILES string of the molecule is COc1c(C(C)(C)C)c(O)c(C)c(O)c1C(C)(C)C.COc1c(C)c(O)c(C(C)(C)C)c(O)c1C(C)(C)C.COc1cc(O)c(C(C)(C)C)c(O)c1C.COc1cc(O)c(C)c(O)c1.COc1cc(O)c(C)c(O)c1C(C)(C)C.COc1cc(O)cc(O)c1C.Cc1c(O)c(C)c(O)c(C(C)(C)C)c1O.Cc1c(O)cc(O)c(C)c1O.Oc1cc(O)cc(O)c1. The van der Waals surface area contributed by atoms with Crippen LogP contribution in [0.4, 0.5) is 0 Å². The minimum atomic E-state index is -0.364. The number of phenols is 21. The molecule has 0 spiro atoms. The van der Waals surface area contributed by atoms with Crippen molar-refractivity contribution in [2.75, 3.05) is 42.7 Å². The summed E-state index contributed by atoms with van der Waals surface area (Å²) in [4.78, 5) is 0. The predicted molar refractivity (Wildman–Crippen MR) is 491 cm³/mol. The lowest BCUT2D eigenvalue weighted by Crippen LogP contribution is -2.20. The average molecular weight is 1750 g/mol. The van der Waals surface area contributed by atoms with Crippen LogP contribution >= 0.6 is 0 Å². The standard InChI is InChI=1S/2C16H26O3.3C12H18O3.3C8H10O3.C6H6O3/c1-9-12(17)10(15(2,3)4)13(18)11(14(9)19-8)16(5,6)7;1-9-12(17)10(15(2,3)4)14(19-8)11(13(9)18)16(5,6)7;1-7-9(15-5)6-8(13)10(11(7)14)12(2,3)4;1-7-8(13)6-9(15-5)10(11(7)14)12(2,3)4;1-6-9(13)7(2)11(15)8(10(6)14)12(3,4)5;1-5-7(9)3-6(11-2)4-8(5)10;1-5-7(10)3-6(9)4-8(5)11-2;1-4-6(9)3-7(10)5(2)8(4)11;7-4-1-5(8)3-6(9)2-4/h2*17-18H,1-8H3;2*6,13-14H,1-5H3;13-15H,1-5H3;2*3-4,9-10H,1-2H3;3,9-11H,1-2H3;1-3,7-9H. The second kappa shape index (κ2) is 43.3. The zero-order valence-electron chi connectivity index (χ0n) is 80.1. The van der Waals surface area contributed by atoms with Gasteiger partial charge >= 0.3 is 0 Å². The van der Waals surface area contributed by atoms with Crippen molar-refractivity contribution < 1.29 is 136 Å². The lowest BCUT2D eigenvalue weighted by Gasteiger charge is -2.31. The van der Waals surface area contributed by atoms with Gasteiger partial charge in [-0.3, -0.25) is 0 Å². The van der Waals surface area contributed by atoms with Crippen LogP contribution in [0, 0.1) is 69.2 Å². The van der Waals surface area contributed by atoms with Crippen molar-refractivity contribution in [3.8, 4) is 155 Å². The topological polar surface area (TPSA) is 480 Å². The fourth-order valence-corrected chi connectivity index (χ4v) is 13.0. The van der Waals surface area contributed by atoms with Gasteiger partial charge in [0.25, 0.3) is 0 Å². The van der Waals surface area contributed by atoms with E-state index in [9.17, 15) is 76.6 Å². The first-order chi connectivity index (χ1) is 56.6. The van der Waals surface area contributed by atoms with Crippen LogP contribution in [0.1, 0.15) is 240 Å². The molecule has 0 fully saturated rings. The molecule has 0 aliphatic heterocycles. The van der Waals surface area contributed by atoms with Crippen molar-refractivity contribution in [1.82, 2.24) is 0 Å². The van der Waals surface area contributed by atoms with Crippen molar-refractivity contribution in [2.45, 2.75) is 253 Å². The van der Waals surface area contributed by atoms with E-state index in [1.165, 1.54) is 70.9 Å². The maximum Gasteiger partial charge on any atom is 0.133 e. The molecule has 0 bridgehead atoms. The van der Waals surface area contributed by atoms with E-state index in [0.717, 1.165) is 40.5 Å². The maximum absolute atomic E-state index is 10.6. The summed E-state index contributed by atoms with van der Waals surface area (Å²) in [5.41, 5.74) is 7.55. The van der Waals surface area contributed by atoms with E-state index in [0.29, 0.717) is 107 Å². The summed E-state index contributed by atoms with van der Waals surface area (Å²) in [6, 6.07) is 13.3. The Labute approximate surface area is 737 Å². The van der Waals surface area contributed by atoms with Crippen LogP contribution in [0.2, 0.25) is 0 Å². The highest BCUT2D eigenvalue weighted by Gasteiger charge is 2.37. The molecule has 9 aromatic carbocycles. The molecule has 0 radical (unpaired) electrons. The van der Waals surface area contributed by atoms with Crippen molar-refractivity contribution in [3.05, 3.63) is 155 Å². The second-order valence-corrected chi connectivity index (χ2v) is 37.3. The summed E-state index contributed by atoms with van der Waals surface area (Å²) in [7, 11) is 9.14. The lowest BCUT2D eigenvalue weighted by molar-refractivity contribution is 0.351. The Morgan fingerprint density at radius 3 is 0.752 bits per heavy atom. The van der Waals surface area contributed by atoms with Crippen molar-refractivity contribution >= 4 is 0 Å². The highest BCUT2D eigenvalue weighted by atomic mass is 16.5. The molecule has 21 N–H and O–H groups in total. The molecule has 0 aliphatic rings. The van der Waals surface area contributed by atoms with Gasteiger partial charge in [0, 0.05) is 155 Å². The molecule has 0 saturated heterocycles. The summed E-state index contributed by atoms with van der Waals surface area (Å²) in [5, 5.41) is 201. The quantitative estimate of drug-likeness (QED) is 0.0735. The minimum absolute atomic E-state index is 0.00458. The number of rotatable bonds is 6. The van der Waals surface area contributed by atoms with Gasteiger partial charge in [-0.15, -0.1) is 0 Å². The van der Waals surface area contributed by atoms with Crippen LogP contribution < -0.4 is 28.4 Å². The predicted octanol–water partition coefficient (Wildman–Crippen LogP) is 21.2. The second-order valence-electron chi connectivity index (χ2n) is 37.3.